The molecule has 3 nitrogen and oxygen atoms in total. The van der Waals surface area contributed by atoms with E-state index in [1.54, 1.807) is 0 Å². The number of nitrogens with zero attached hydrogens (tertiary/aromatic N) is 1. The molecule has 1 atom stereocenters. The molecule has 1 aromatic rings. The first-order valence-corrected chi connectivity index (χ1v) is 7.54. The highest BCUT2D eigenvalue weighted by molar-refractivity contribution is 5.78. The van der Waals surface area contributed by atoms with Crippen LogP contribution in [0.4, 0.5) is 0 Å². The molecular weight excluding hydrogens is 250 g/mol. The Morgan fingerprint density at radius 2 is 2.05 bits per heavy atom. The van der Waals surface area contributed by atoms with Crippen LogP contribution in [-0.2, 0) is 4.79 Å². The van der Waals surface area contributed by atoms with Crippen LogP contribution < -0.4 is 4.74 Å². The van der Waals surface area contributed by atoms with Crippen molar-refractivity contribution in [3.63, 3.8) is 0 Å². The number of piperidine rings is 1. The molecule has 1 saturated heterocycles. The quantitative estimate of drug-likeness (QED) is 0.844. The van der Waals surface area contributed by atoms with Gasteiger partial charge in [0.05, 0.1) is 6.61 Å². The summed E-state index contributed by atoms with van der Waals surface area (Å²) >= 11 is 0. The molecule has 0 aliphatic carbocycles. The van der Waals surface area contributed by atoms with Crippen molar-refractivity contribution >= 4 is 5.91 Å². The number of ether oxygens (including phenoxy) is 1. The molecule has 1 aromatic carbocycles. The van der Waals surface area contributed by atoms with Gasteiger partial charge in [-0.15, -0.1) is 0 Å². The van der Waals surface area contributed by atoms with Crippen molar-refractivity contribution in [1.29, 1.82) is 0 Å². The highest BCUT2D eigenvalue weighted by Crippen LogP contribution is 2.20. The molecule has 1 unspecified atom stereocenters. The van der Waals surface area contributed by atoms with Crippen LogP contribution in [-0.4, -0.2) is 30.5 Å². The third-order valence-corrected chi connectivity index (χ3v) is 3.83. The first-order chi connectivity index (χ1) is 9.56. The third kappa shape index (κ3) is 3.99. The molecule has 110 valence electrons. The van der Waals surface area contributed by atoms with Crippen LogP contribution in [0.2, 0.25) is 0 Å². The zero-order chi connectivity index (χ0) is 14.5. The van der Waals surface area contributed by atoms with Gasteiger partial charge in [-0.2, -0.15) is 0 Å². The molecule has 0 N–H and O–H groups in total. The monoisotopic (exact) mass is 275 g/mol. The number of carbonyl (C=O) groups is 1. The first kappa shape index (κ1) is 14.9. The lowest BCUT2D eigenvalue weighted by molar-refractivity contribution is -0.136. The minimum atomic E-state index is 0.0896. The number of aryl methyl sites for hydroxylation is 1. The van der Waals surface area contributed by atoms with Gasteiger partial charge in [-0.3, -0.25) is 4.79 Å². The molecule has 0 saturated carbocycles. The lowest BCUT2D eigenvalue weighted by atomic mass is 9.98. The van der Waals surface area contributed by atoms with Gasteiger partial charge in [-0.05, 0) is 31.9 Å². The predicted octanol–water partition coefficient (Wildman–Crippen LogP) is 3.27. The van der Waals surface area contributed by atoms with Crippen LogP contribution in [0.15, 0.2) is 24.3 Å². The molecule has 0 aromatic heterocycles. The smallest absolute Gasteiger partial charge is 0.225 e. The Bertz CT molecular complexity index is 439. The van der Waals surface area contributed by atoms with Crippen LogP contribution in [0.5, 0.6) is 5.75 Å². The Balaban J connectivity index is 1.84. The molecule has 1 aliphatic rings. The first-order valence-electron chi connectivity index (χ1n) is 7.54. The van der Waals surface area contributed by atoms with Gasteiger partial charge < -0.3 is 9.64 Å². The number of amides is 1. The Morgan fingerprint density at radius 3 is 2.70 bits per heavy atom. The second-order valence-corrected chi connectivity index (χ2v) is 6.07. The van der Waals surface area contributed by atoms with Crippen LogP contribution in [0.3, 0.4) is 0 Å². The van der Waals surface area contributed by atoms with Gasteiger partial charge >= 0.3 is 0 Å². The summed E-state index contributed by atoms with van der Waals surface area (Å²) in [6.45, 7) is 8.44. The van der Waals surface area contributed by atoms with E-state index >= 15 is 0 Å². The van der Waals surface area contributed by atoms with Crippen molar-refractivity contribution in [2.75, 3.05) is 19.7 Å². The van der Waals surface area contributed by atoms with Crippen LogP contribution >= 0.6 is 0 Å². The molecule has 2 rings (SSSR count). The predicted molar refractivity (Wildman–Crippen MR) is 80.8 cm³/mol. The minimum Gasteiger partial charge on any atom is -0.493 e. The zero-order valence-corrected chi connectivity index (χ0v) is 12.8. The fraction of sp³-hybridized carbons (Fsp3) is 0.588. The normalized spacial score (nSPS) is 19.2. The lowest BCUT2D eigenvalue weighted by Crippen LogP contribution is -2.43. The largest absolute Gasteiger partial charge is 0.493 e. The zero-order valence-electron chi connectivity index (χ0n) is 12.8. The molecule has 3 heteroatoms. The second-order valence-electron chi connectivity index (χ2n) is 6.07. The summed E-state index contributed by atoms with van der Waals surface area (Å²) in [7, 11) is 0. The summed E-state index contributed by atoms with van der Waals surface area (Å²) < 4.78 is 5.85. The maximum atomic E-state index is 12.0. The molecule has 0 spiro atoms. The lowest BCUT2D eigenvalue weighted by Gasteiger charge is -2.33. The van der Waals surface area contributed by atoms with E-state index in [2.05, 4.69) is 19.1 Å². The van der Waals surface area contributed by atoms with Crippen LogP contribution in [0, 0.1) is 18.8 Å². The average Bonchev–Trinajstić information content (AvgIpc) is 2.46. The van der Waals surface area contributed by atoms with Crippen molar-refractivity contribution in [2.24, 2.45) is 11.8 Å². The molecule has 1 aliphatic heterocycles. The Hall–Kier alpha value is -1.51. The van der Waals surface area contributed by atoms with Gasteiger partial charge in [-0.1, -0.05) is 31.5 Å². The fourth-order valence-electron chi connectivity index (χ4n) is 2.61. The van der Waals surface area contributed by atoms with Gasteiger partial charge in [0.15, 0.2) is 0 Å². The second kappa shape index (κ2) is 6.78. The fourth-order valence-corrected chi connectivity index (χ4v) is 2.61. The van der Waals surface area contributed by atoms with Gasteiger partial charge in [0.1, 0.15) is 5.75 Å². The van der Waals surface area contributed by atoms with Gasteiger partial charge in [0.2, 0.25) is 5.91 Å². The molecular formula is C17H25NO2. The van der Waals surface area contributed by atoms with E-state index in [9.17, 15) is 4.79 Å². The number of rotatable bonds is 4. The van der Waals surface area contributed by atoms with E-state index in [4.69, 9.17) is 4.74 Å². The summed E-state index contributed by atoms with van der Waals surface area (Å²) in [4.78, 5) is 14.0. The molecule has 20 heavy (non-hydrogen) atoms. The summed E-state index contributed by atoms with van der Waals surface area (Å²) in [5, 5.41) is 0. The Morgan fingerprint density at radius 1 is 1.35 bits per heavy atom. The summed E-state index contributed by atoms with van der Waals surface area (Å²) in [6, 6.07) is 8.14. The summed E-state index contributed by atoms with van der Waals surface area (Å²) in [6.07, 6.45) is 2.23. The maximum absolute atomic E-state index is 12.0. The minimum absolute atomic E-state index is 0.0896. The number of hydrogen-bond donors (Lipinski definition) is 0. The molecule has 1 fully saturated rings. The van der Waals surface area contributed by atoms with Crippen LogP contribution in [0.25, 0.3) is 0 Å². The molecule has 1 amide bonds. The van der Waals surface area contributed by atoms with E-state index in [1.165, 1.54) is 5.56 Å². The van der Waals surface area contributed by atoms with Gasteiger partial charge in [0.25, 0.3) is 0 Å². The summed E-state index contributed by atoms with van der Waals surface area (Å²) in [5.74, 6) is 1.73. The standard InChI is InChI=1S/C17H25NO2/c1-13(2)17(19)18-10-4-5-15(11-18)12-20-16-8-6-14(3)7-9-16/h6-9,13,15H,4-5,10-12H2,1-3H3. The summed E-state index contributed by atoms with van der Waals surface area (Å²) in [5.41, 5.74) is 1.24. The van der Waals surface area contributed by atoms with Crippen molar-refractivity contribution in [3.8, 4) is 5.75 Å². The SMILES string of the molecule is Cc1ccc(OCC2CCCN(C(=O)C(C)C)C2)cc1. The van der Waals surface area contributed by atoms with E-state index in [0.29, 0.717) is 12.5 Å². The highest BCUT2D eigenvalue weighted by atomic mass is 16.5. The number of hydrogen-bond acceptors (Lipinski definition) is 2. The topological polar surface area (TPSA) is 29.5 Å². The maximum Gasteiger partial charge on any atom is 0.225 e. The van der Waals surface area contributed by atoms with E-state index in [1.807, 2.05) is 30.9 Å². The molecule has 0 bridgehead atoms. The Labute approximate surface area is 121 Å². The highest BCUT2D eigenvalue weighted by Gasteiger charge is 2.25. The molecule has 1 heterocycles. The average molecular weight is 275 g/mol. The van der Waals surface area contributed by atoms with E-state index in [-0.39, 0.29) is 11.8 Å². The van der Waals surface area contributed by atoms with Crippen molar-refractivity contribution in [3.05, 3.63) is 29.8 Å². The third-order valence-electron chi connectivity index (χ3n) is 3.83. The van der Waals surface area contributed by atoms with Gasteiger partial charge in [0, 0.05) is 24.9 Å². The number of carbonyl (C=O) groups excluding carboxylic acids is 1. The number of likely N-dealkylation sites (tertiary alicyclic amines) is 1. The van der Waals surface area contributed by atoms with Crippen molar-refractivity contribution in [2.45, 2.75) is 33.6 Å². The van der Waals surface area contributed by atoms with Crippen molar-refractivity contribution < 1.29 is 9.53 Å². The van der Waals surface area contributed by atoms with Crippen LogP contribution in [0.1, 0.15) is 32.3 Å². The molecule has 0 radical (unpaired) electrons. The van der Waals surface area contributed by atoms with E-state index < -0.39 is 0 Å². The van der Waals surface area contributed by atoms with E-state index in [0.717, 1.165) is 31.7 Å². The Kier molecular flexibility index (Phi) is 5.05. The van der Waals surface area contributed by atoms with Gasteiger partial charge in [-0.25, -0.2) is 0 Å². The number of benzene rings is 1. The van der Waals surface area contributed by atoms with Crippen molar-refractivity contribution in [1.82, 2.24) is 4.90 Å².